The van der Waals surface area contributed by atoms with Gasteiger partial charge in [-0.05, 0) is 13.5 Å². The van der Waals surface area contributed by atoms with E-state index in [0.717, 1.165) is 18.9 Å². The van der Waals surface area contributed by atoms with Gasteiger partial charge in [-0.25, -0.2) is 4.99 Å². The molecule has 0 aromatic rings. The SMILES string of the molecule is CN1CCC(O)(CN=C(N(C)C)N(C)C)C1. The summed E-state index contributed by atoms with van der Waals surface area (Å²) >= 11 is 0. The molecular weight excluding hydrogens is 204 g/mol. The Balaban J connectivity index is 2.63. The molecule has 1 rings (SSSR count). The van der Waals surface area contributed by atoms with Gasteiger partial charge in [0.25, 0.3) is 0 Å². The van der Waals surface area contributed by atoms with E-state index < -0.39 is 5.60 Å². The highest BCUT2D eigenvalue weighted by Crippen LogP contribution is 2.20. The molecule has 0 spiro atoms. The Morgan fingerprint density at radius 1 is 1.31 bits per heavy atom. The monoisotopic (exact) mass is 228 g/mol. The van der Waals surface area contributed by atoms with Crippen LogP contribution in [-0.2, 0) is 0 Å². The number of aliphatic hydroxyl groups is 1. The summed E-state index contributed by atoms with van der Waals surface area (Å²) in [5.41, 5.74) is -0.647. The molecule has 1 aliphatic rings. The van der Waals surface area contributed by atoms with Crippen molar-refractivity contribution in [2.24, 2.45) is 4.99 Å². The minimum Gasteiger partial charge on any atom is -0.387 e. The van der Waals surface area contributed by atoms with Gasteiger partial charge >= 0.3 is 0 Å². The maximum Gasteiger partial charge on any atom is 0.195 e. The first-order valence-corrected chi connectivity index (χ1v) is 5.64. The lowest BCUT2D eigenvalue weighted by Gasteiger charge is -2.25. The highest BCUT2D eigenvalue weighted by atomic mass is 16.3. The Kier molecular flexibility index (Phi) is 4.15. The van der Waals surface area contributed by atoms with Crippen LogP contribution in [0.1, 0.15) is 6.42 Å². The fraction of sp³-hybridized carbons (Fsp3) is 0.909. The molecule has 16 heavy (non-hydrogen) atoms. The van der Waals surface area contributed by atoms with Gasteiger partial charge in [-0.15, -0.1) is 0 Å². The summed E-state index contributed by atoms with van der Waals surface area (Å²) in [6, 6.07) is 0. The van der Waals surface area contributed by atoms with E-state index in [-0.39, 0.29) is 0 Å². The van der Waals surface area contributed by atoms with E-state index in [1.165, 1.54) is 0 Å². The molecular formula is C11H24N4O. The van der Waals surface area contributed by atoms with Crippen molar-refractivity contribution in [2.75, 3.05) is 54.9 Å². The normalized spacial score (nSPS) is 25.6. The van der Waals surface area contributed by atoms with Crippen LogP contribution in [0.15, 0.2) is 4.99 Å². The number of rotatable bonds is 2. The van der Waals surface area contributed by atoms with Gasteiger partial charge in [0.1, 0.15) is 0 Å². The first-order valence-electron chi connectivity index (χ1n) is 5.64. The molecule has 1 atom stereocenters. The highest BCUT2D eigenvalue weighted by molar-refractivity contribution is 5.79. The Morgan fingerprint density at radius 2 is 1.88 bits per heavy atom. The molecule has 0 aromatic heterocycles. The fourth-order valence-electron chi connectivity index (χ4n) is 2.09. The minimum absolute atomic E-state index is 0.475. The molecule has 94 valence electrons. The van der Waals surface area contributed by atoms with Crippen LogP contribution < -0.4 is 0 Å². The number of β-amino-alcohol motifs (C(OH)–C–C–N with tert-alkyl or cyclic N) is 1. The number of hydrogen-bond donors (Lipinski definition) is 1. The van der Waals surface area contributed by atoms with Crippen molar-refractivity contribution in [3.8, 4) is 0 Å². The summed E-state index contributed by atoms with van der Waals surface area (Å²) < 4.78 is 0. The predicted octanol–water partition coefficient (Wildman–Crippen LogP) is -0.468. The zero-order valence-electron chi connectivity index (χ0n) is 11.1. The van der Waals surface area contributed by atoms with Crippen LogP contribution in [0.5, 0.6) is 0 Å². The maximum atomic E-state index is 10.3. The quantitative estimate of drug-likeness (QED) is 0.513. The third kappa shape index (κ3) is 3.35. The van der Waals surface area contributed by atoms with Crippen LogP contribution in [0.2, 0.25) is 0 Å². The zero-order valence-corrected chi connectivity index (χ0v) is 11.1. The average molecular weight is 228 g/mol. The lowest BCUT2D eigenvalue weighted by Crippen LogP contribution is -2.40. The Labute approximate surface area is 98.4 Å². The number of likely N-dealkylation sites (N-methyl/N-ethyl adjacent to an activating group) is 1. The van der Waals surface area contributed by atoms with E-state index in [0.29, 0.717) is 13.1 Å². The van der Waals surface area contributed by atoms with E-state index in [9.17, 15) is 5.11 Å². The molecule has 0 aromatic carbocycles. The molecule has 1 N–H and O–H groups in total. The van der Waals surface area contributed by atoms with Crippen molar-refractivity contribution in [3.63, 3.8) is 0 Å². The van der Waals surface area contributed by atoms with Gasteiger partial charge in [0, 0.05) is 41.3 Å². The first-order chi connectivity index (χ1) is 7.34. The van der Waals surface area contributed by atoms with E-state index in [2.05, 4.69) is 9.89 Å². The lowest BCUT2D eigenvalue weighted by molar-refractivity contribution is 0.0610. The zero-order chi connectivity index (χ0) is 12.3. The summed E-state index contributed by atoms with van der Waals surface area (Å²) in [5, 5.41) is 10.3. The Hall–Kier alpha value is -0.810. The van der Waals surface area contributed by atoms with E-state index in [4.69, 9.17) is 0 Å². The lowest BCUT2D eigenvalue weighted by atomic mass is 10.0. The van der Waals surface area contributed by atoms with Gasteiger partial charge in [0.2, 0.25) is 0 Å². The highest BCUT2D eigenvalue weighted by Gasteiger charge is 2.34. The third-order valence-electron chi connectivity index (χ3n) is 2.84. The van der Waals surface area contributed by atoms with Crippen LogP contribution in [-0.4, -0.2) is 86.2 Å². The second kappa shape index (κ2) is 5.01. The van der Waals surface area contributed by atoms with Gasteiger partial charge in [0.05, 0.1) is 12.1 Å². The predicted molar refractivity (Wildman–Crippen MR) is 66.7 cm³/mol. The van der Waals surface area contributed by atoms with Crippen LogP contribution in [0.4, 0.5) is 0 Å². The van der Waals surface area contributed by atoms with Crippen molar-refractivity contribution in [1.82, 2.24) is 14.7 Å². The number of aliphatic imine (C=N–C) groups is 1. The van der Waals surface area contributed by atoms with Crippen LogP contribution in [0, 0.1) is 0 Å². The van der Waals surface area contributed by atoms with Crippen molar-refractivity contribution in [1.29, 1.82) is 0 Å². The van der Waals surface area contributed by atoms with Crippen molar-refractivity contribution < 1.29 is 5.11 Å². The molecule has 5 nitrogen and oxygen atoms in total. The van der Waals surface area contributed by atoms with E-state index in [1.807, 2.05) is 45.0 Å². The molecule has 1 heterocycles. The summed E-state index contributed by atoms with van der Waals surface area (Å²) in [5.74, 6) is 0.892. The standard InChI is InChI=1S/C11H24N4O/c1-13(2)10(14(3)4)12-8-11(16)6-7-15(5)9-11/h16H,6-9H2,1-5H3. The Bertz CT molecular complexity index is 255. The van der Waals surface area contributed by atoms with Crippen LogP contribution >= 0.6 is 0 Å². The van der Waals surface area contributed by atoms with Gasteiger partial charge in [-0.3, -0.25) is 0 Å². The number of guanidine groups is 1. The molecule has 0 bridgehead atoms. The second-order valence-electron chi connectivity index (χ2n) is 5.12. The van der Waals surface area contributed by atoms with E-state index in [1.54, 1.807) is 0 Å². The molecule has 0 radical (unpaired) electrons. The van der Waals surface area contributed by atoms with E-state index >= 15 is 0 Å². The second-order valence-corrected chi connectivity index (χ2v) is 5.12. The third-order valence-corrected chi connectivity index (χ3v) is 2.84. The summed E-state index contributed by atoms with van der Waals surface area (Å²) in [4.78, 5) is 10.6. The minimum atomic E-state index is -0.647. The largest absolute Gasteiger partial charge is 0.387 e. The topological polar surface area (TPSA) is 42.3 Å². The first kappa shape index (κ1) is 13.3. The molecule has 5 heteroatoms. The maximum absolute atomic E-state index is 10.3. The molecule has 1 fully saturated rings. The summed E-state index contributed by atoms with van der Waals surface area (Å²) in [7, 11) is 9.88. The van der Waals surface area contributed by atoms with Crippen molar-refractivity contribution in [3.05, 3.63) is 0 Å². The number of hydrogen-bond acceptors (Lipinski definition) is 3. The van der Waals surface area contributed by atoms with Gasteiger partial charge < -0.3 is 19.8 Å². The number of likely N-dealkylation sites (tertiary alicyclic amines) is 1. The average Bonchev–Trinajstić information content (AvgIpc) is 2.45. The molecule has 0 saturated carbocycles. The summed E-state index contributed by atoms with van der Waals surface area (Å²) in [6.45, 7) is 2.14. The molecule has 0 amide bonds. The fourth-order valence-corrected chi connectivity index (χ4v) is 2.09. The van der Waals surface area contributed by atoms with Gasteiger partial charge in [-0.1, -0.05) is 0 Å². The summed E-state index contributed by atoms with van der Waals surface area (Å²) in [6.07, 6.45) is 0.807. The smallest absolute Gasteiger partial charge is 0.195 e. The molecule has 1 unspecified atom stereocenters. The molecule has 1 aliphatic heterocycles. The molecule has 1 saturated heterocycles. The van der Waals surface area contributed by atoms with Crippen LogP contribution in [0.25, 0.3) is 0 Å². The van der Waals surface area contributed by atoms with Gasteiger partial charge in [-0.2, -0.15) is 0 Å². The van der Waals surface area contributed by atoms with Crippen molar-refractivity contribution >= 4 is 5.96 Å². The van der Waals surface area contributed by atoms with Crippen LogP contribution in [0.3, 0.4) is 0 Å². The number of nitrogens with zero attached hydrogens (tertiary/aromatic N) is 4. The Morgan fingerprint density at radius 3 is 2.25 bits per heavy atom. The van der Waals surface area contributed by atoms with Crippen molar-refractivity contribution in [2.45, 2.75) is 12.0 Å². The van der Waals surface area contributed by atoms with Gasteiger partial charge in [0.15, 0.2) is 5.96 Å². The molecule has 0 aliphatic carbocycles.